The van der Waals surface area contributed by atoms with Crippen LogP contribution >= 0.6 is 0 Å². The Balaban J connectivity index is 2.13. The van der Waals surface area contributed by atoms with Gasteiger partial charge in [-0.3, -0.25) is 0 Å². The quantitative estimate of drug-likeness (QED) is 0.898. The summed E-state index contributed by atoms with van der Waals surface area (Å²) < 4.78 is 19.5. The van der Waals surface area contributed by atoms with Gasteiger partial charge in [0.05, 0.1) is 11.8 Å². The molecule has 0 bridgehead atoms. The molecule has 2 rings (SSSR count). The first kappa shape index (κ1) is 13.1. The lowest BCUT2D eigenvalue weighted by atomic mass is 10.1. The van der Waals surface area contributed by atoms with Gasteiger partial charge < -0.3 is 15.4 Å². The van der Waals surface area contributed by atoms with E-state index >= 15 is 0 Å². The number of anilines is 1. The molecule has 2 N–H and O–H groups in total. The van der Waals surface area contributed by atoms with Crippen molar-refractivity contribution in [3.63, 3.8) is 0 Å². The van der Waals surface area contributed by atoms with Crippen molar-refractivity contribution < 1.29 is 9.13 Å². The van der Waals surface area contributed by atoms with Gasteiger partial charge in [-0.15, -0.1) is 0 Å². The lowest BCUT2D eigenvalue weighted by Gasteiger charge is -2.32. The van der Waals surface area contributed by atoms with Crippen molar-refractivity contribution in [3.05, 3.63) is 24.0 Å². The molecule has 1 aliphatic rings. The molecule has 0 saturated carbocycles. The number of rotatable bonds is 3. The average molecular weight is 252 g/mol. The molecule has 1 aromatic rings. The van der Waals surface area contributed by atoms with Crippen LogP contribution in [0.2, 0.25) is 0 Å². The summed E-state index contributed by atoms with van der Waals surface area (Å²) in [5.74, 6) is 0.342. The van der Waals surface area contributed by atoms with Crippen LogP contribution < -0.4 is 15.4 Å². The summed E-state index contributed by atoms with van der Waals surface area (Å²) in [5, 5.41) is 0. The fourth-order valence-electron chi connectivity index (χ4n) is 2.32. The second-order valence-corrected chi connectivity index (χ2v) is 5.13. The van der Waals surface area contributed by atoms with Crippen LogP contribution in [0.4, 0.5) is 10.1 Å². The summed E-state index contributed by atoms with van der Waals surface area (Å²) in [6.45, 7) is 5.45. The Morgan fingerprint density at radius 2 is 2.22 bits per heavy atom. The van der Waals surface area contributed by atoms with Gasteiger partial charge in [0.15, 0.2) is 0 Å². The van der Waals surface area contributed by atoms with Gasteiger partial charge in [0.1, 0.15) is 11.6 Å². The molecule has 1 aliphatic heterocycles. The fourth-order valence-corrected chi connectivity index (χ4v) is 2.32. The van der Waals surface area contributed by atoms with Crippen molar-refractivity contribution >= 4 is 5.69 Å². The Morgan fingerprint density at radius 3 is 2.83 bits per heavy atom. The van der Waals surface area contributed by atoms with E-state index in [1.807, 2.05) is 24.8 Å². The predicted octanol–water partition coefficient (Wildman–Crippen LogP) is 2.54. The molecule has 1 heterocycles. The third-order valence-corrected chi connectivity index (χ3v) is 3.09. The number of hydrogen-bond donors (Lipinski definition) is 1. The molecule has 0 aromatic heterocycles. The Labute approximate surface area is 108 Å². The highest BCUT2D eigenvalue weighted by Gasteiger charge is 2.19. The third kappa shape index (κ3) is 3.13. The first-order valence-corrected chi connectivity index (χ1v) is 6.53. The first-order valence-electron chi connectivity index (χ1n) is 6.53. The molecule has 0 spiro atoms. The molecule has 1 atom stereocenters. The molecule has 0 aliphatic carbocycles. The number of nitrogens with zero attached hydrogens (tertiary/aromatic N) is 1. The highest BCUT2D eigenvalue weighted by molar-refractivity contribution is 5.51. The van der Waals surface area contributed by atoms with E-state index in [0.717, 1.165) is 25.9 Å². The number of benzene rings is 1. The van der Waals surface area contributed by atoms with Crippen LogP contribution in [0, 0.1) is 5.82 Å². The molecule has 18 heavy (non-hydrogen) atoms. The van der Waals surface area contributed by atoms with Crippen molar-refractivity contribution in [1.29, 1.82) is 0 Å². The molecule has 1 fully saturated rings. The molecular weight excluding hydrogens is 231 g/mol. The summed E-state index contributed by atoms with van der Waals surface area (Å²) in [6.07, 6.45) is 2.09. The van der Waals surface area contributed by atoms with Gasteiger partial charge in [-0.2, -0.15) is 0 Å². The SMILES string of the molecule is CC(C)Oc1ccc(N2CCCC(N)C2)c(F)c1. The number of hydrogen-bond acceptors (Lipinski definition) is 3. The van der Waals surface area contributed by atoms with E-state index in [9.17, 15) is 4.39 Å². The van der Waals surface area contributed by atoms with Gasteiger partial charge in [0.2, 0.25) is 0 Å². The average Bonchev–Trinajstić information content (AvgIpc) is 2.28. The third-order valence-electron chi connectivity index (χ3n) is 3.09. The number of ether oxygens (including phenoxy) is 1. The lowest BCUT2D eigenvalue weighted by molar-refractivity contribution is 0.241. The number of piperidine rings is 1. The zero-order chi connectivity index (χ0) is 13.1. The van der Waals surface area contributed by atoms with Crippen molar-refractivity contribution in [2.75, 3.05) is 18.0 Å². The standard InChI is InChI=1S/C14H21FN2O/c1-10(2)18-12-5-6-14(13(15)8-12)17-7-3-4-11(16)9-17/h5-6,8,10-11H,3-4,7,9,16H2,1-2H3. The van der Waals surface area contributed by atoms with E-state index in [0.29, 0.717) is 11.4 Å². The largest absolute Gasteiger partial charge is 0.491 e. The van der Waals surface area contributed by atoms with Crippen LogP contribution in [0.15, 0.2) is 18.2 Å². The summed E-state index contributed by atoms with van der Waals surface area (Å²) in [4.78, 5) is 2.02. The van der Waals surface area contributed by atoms with Crippen LogP contribution in [0.5, 0.6) is 5.75 Å². The summed E-state index contributed by atoms with van der Waals surface area (Å²) in [6, 6.07) is 5.20. The predicted molar refractivity (Wildman–Crippen MR) is 71.6 cm³/mol. The second kappa shape index (κ2) is 5.57. The van der Waals surface area contributed by atoms with Crippen LogP contribution in [0.3, 0.4) is 0 Å². The van der Waals surface area contributed by atoms with Crippen molar-refractivity contribution in [2.45, 2.75) is 38.8 Å². The Kier molecular flexibility index (Phi) is 4.07. The maximum absolute atomic E-state index is 14.0. The highest BCUT2D eigenvalue weighted by atomic mass is 19.1. The van der Waals surface area contributed by atoms with Gasteiger partial charge in [-0.1, -0.05) is 0 Å². The molecule has 4 heteroatoms. The molecule has 1 saturated heterocycles. The maximum atomic E-state index is 14.0. The van der Waals surface area contributed by atoms with Crippen molar-refractivity contribution in [2.24, 2.45) is 5.73 Å². The lowest BCUT2D eigenvalue weighted by Crippen LogP contribution is -2.43. The van der Waals surface area contributed by atoms with E-state index in [1.165, 1.54) is 6.07 Å². The maximum Gasteiger partial charge on any atom is 0.150 e. The summed E-state index contributed by atoms with van der Waals surface area (Å²) >= 11 is 0. The van der Waals surface area contributed by atoms with Gasteiger partial charge >= 0.3 is 0 Å². The minimum Gasteiger partial charge on any atom is -0.491 e. The van der Waals surface area contributed by atoms with Gasteiger partial charge in [-0.25, -0.2) is 4.39 Å². The van der Waals surface area contributed by atoms with E-state index in [4.69, 9.17) is 10.5 Å². The fraction of sp³-hybridized carbons (Fsp3) is 0.571. The van der Waals surface area contributed by atoms with Crippen LogP contribution in [0.25, 0.3) is 0 Å². The summed E-state index contributed by atoms with van der Waals surface area (Å²) in [7, 11) is 0. The zero-order valence-electron chi connectivity index (χ0n) is 11.0. The van der Waals surface area contributed by atoms with E-state index in [1.54, 1.807) is 6.07 Å². The molecule has 0 radical (unpaired) electrons. The van der Waals surface area contributed by atoms with Gasteiger partial charge in [0, 0.05) is 25.2 Å². The zero-order valence-corrected chi connectivity index (χ0v) is 11.0. The first-order chi connectivity index (χ1) is 8.56. The van der Waals surface area contributed by atoms with E-state index in [-0.39, 0.29) is 18.0 Å². The van der Waals surface area contributed by atoms with Gasteiger partial charge in [0.25, 0.3) is 0 Å². The Bertz CT molecular complexity index is 409. The Hall–Kier alpha value is -1.29. The highest BCUT2D eigenvalue weighted by Crippen LogP contribution is 2.26. The number of nitrogens with two attached hydrogens (primary N) is 1. The molecule has 1 aromatic carbocycles. The molecular formula is C14H21FN2O. The smallest absolute Gasteiger partial charge is 0.150 e. The number of halogens is 1. The van der Waals surface area contributed by atoms with Gasteiger partial charge in [-0.05, 0) is 38.8 Å². The topological polar surface area (TPSA) is 38.5 Å². The monoisotopic (exact) mass is 252 g/mol. The molecule has 0 amide bonds. The van der Waals surface area contributed by atoms with Crippen molar-refractivity contribution in [1.82, 2.24) is 0 Å². The van der Waals surface area contributed by atoms with Crippen molar-refractivity contribution in [3.8, 4) is 5.75 Å². The Morgan fingerprint density at radius 1 is 1.44 bits per heavy atom. The molecule has 1 unspecified atom stereocenters. The minimum absolute atomic E-state index is 0.0543. The molecule has 3 nitrogen and oxygen atoms in total. The van der Waals surface area contributed by atoms with Crippen LogP contribution in [-0.4, -0.2) is 25.2 Å². The van der Waals surface area contributed by atoms with Crippen LogP contribution in [-0.2, 0) is 0 Å². The second-order valence-electron chi connectivity index (χ2n) is 5.13. The van der Waals surface area contributed by atoms with Crippen LogP contribution in [0.1, 0.15) is 26.7 Å². The summed E-state index contributed by atoms with van der Waals surface area (Å²) in [5.41, 5.74) is 6.55. The van der Waals surface area contributed by atoms with E-state index in [2.05, 4.69) is 0 Å². The molecule has 100 valence electrons. The normalized spacial score (nSPS) is 20.3. The minimum atomic E-state index is -0.234. The van der Waals surface area contributed by atoms with E-state index < -0.39 is 0 Å².